The number of aliphatic carboxylic acids is 1. The van der Waals surface area contributed by atoms with Gasteiger partial charge in [-0.25, -0.2) is 4.79 Å². The maximum Gasteiger partial charge on any atom is 0.326 e. The number of hydrogen-bond donors (Lipinski definition) is 7. The topological polar surface area (TPSA) is 171 Å². The van der Waals surface area contributed by atoms with Crippen molar-refractivity contribution in [2.75, 3.05) is 29.8 Å². The summed E-state index contributed by atoms with van der Waals surface area (Å²) in [5.41, 5.74) is 5.58. The Morgan fingerprint density at radius 1 is 0.933 bits per heavy atom. The monoisotopic (exact) mass is 484 g/mol. The molecule has 5 unspecified atom stereocenters. The van der Waals surface area contributed by atoms with E-state index in [-0.39, 0.29) is 18.6 Å². The number of rotatable bonds is 15. The van der Waals surface area contributed by atoms with Gasteiger partial charge < -0.3 is 31.9 Å². The smallest absolute Gasteiger partial charge is 0.326 e. The zero-order valence-corrected chi connectivity index (χ0v) is 19.8. The van der Waals surface area contributed by atoms with Crippen molar-refractivity contribution < 1.29 is 29.4 Å². The van der Waals surface area contributed by atoms with E-state index in [0.29, 0.717) is 11.5 Å². The highest BCUT2D eigenvalue weighted by Crippen LogP contribution is 2.06. The third-order valence-electron chi connectivity index (χ3n) is 4.06. The molecule has 0 aromatic rings. The predicted octanol–water partition coefficient (Wildman–Crippen LogP) is -1.33. The average Bonchev–Trinajstić information content (AvgIpc) is 2.70. The molecule has 0 aliphatic heterocycles. The lowest BCUT2D eigenvalue weighted by Crippen LogP contribution is -2.60. The Hall–Kier alpha value is -1.15. The first-order chi connectivity index (χ1) is 14.1. The molecule has 3 amide bonds. The van der Waals surface area contributed by atoms with Crippen LogP contribution in [0.2, 0.25) is 0 Å². The Bertz CT molecular complexity index is 582. The molecule has 0 aromatic heterocycles. The highest BCUT2D eigenvalue weighted by Gasteiger charge is 2.32. The Balaban J connectivity index is 5.30. The molecule has 7 N–H and O–H groups in total. The van der Waals surface area contributed by atoms with Crippen LogP contribution < -0.4 is 21.7 Å². The number of nitrogens with one attached hydrogen (secondary N) is 3. The van der Waals surface area contributed by atoms with Crippen molar-refractivity contribution in [1.29, 1.82) is 0 Å². The van der Waals surface area contributed by atoms with Gasteiger partial charge in [-0.15, -0.1) is 0 Å². The van der Waals surface area contributed by atoms with Gasteiger partial charge in [-0.2, -0.15) is 36.2 Å². The molecule has 0 aliphatic carbocycles. The molecule has 0 aromatic carbocycles. The third-order valence-corrected chi connectivity index (χ3v) is 5.75. The summed E-state index contributed by atoms with van der Waals surface area (Å²) in [5, 5.41) is 26.5. The number of nitrogens with two attached hydrogens (primary N) is 1. The van der Waals surface area contributed by atoms with Crippen LogP contribution in [0.1, 0.15) is 19.8 Å². The fraction of sp³-hybridized carbons (Fsp3) is 0.765. The molecule has 0 saturated carbocycles. The van der Waals surface area contributed by atoms with Gasteiger partial charge in [0.1, 0.15) is 18.1 Å². The van der Waals surface area contributed by atoms with E-state index in [1.807, 2.05) is 12.5 Å². The molecule has 10 nitrogen and oxygen atoms in total. The summed E-state index contributed by atoms with van der Waals surface area (Å²) in [5.74, 6) is -2.14. The maximum absolute atomic E-state index is 12.6. The zero-order chi connectivity index (χ0) is 23.3. The second kappa shape index (κ2) is 15.6. The summed E-state index contributed by atoms with van der Waals surface area (Å²) in [6.45, 7) is 1.32. The van der Waals surface area contributed by atoms with Crippen LogP contribution in [0.3, 0.4) is 0 Å². The van der Waals surface area contributed by atoms with Crippen LogP contribution in [-0.4, -0.2) is 93.9 Å². The molecule has 0 rings (SSSR count). The Morgan fingerprint density at radius 3 is 1.87 bits per heavy atom. The van der Waals surface area contributed by atoms with Gasteiger partial charge in [-0.1, -0.05) is 0 Å². The van der Waals surface area contributed by atoms with Gasteiger partial charge in [-0.3, -0.25) is 14.4 Å². The maximum atomic E-state index is 12.6. The Morgan fingerprint density at radius 2 is 1.43 bits per heavy atom. The van der Waals surface area contributed by atoms with Crippen molar-refractivity contribution in [1.82, 2.24) is 16.0 Å². The van der Waals surface area contributed by atoms with Crippen LogP contribution in [0.15, 0.2) is 0 Å². The lowest BCUT2D eigenvalue weighted by atomic mass is 10.1. The van der Waals surface area contributed by atoms with Crippen molar-refractivity contribution in [3.05, 3.63) is 0 Å². The standard InChI is InChI=1S/C17H32N4O6S3/c1-9(22)13(21-14(23)10(18)8-28)16(25)19-11(4-6-29-2)15(24)20-12(17(26)27)5-7-30-3/h9-13,22,28H,4-8,18H2,1-3H3,(H,19,25)(H,20,24)(H,21,23)(H,26,27). The SMILES string of the molecule is CSCCC(NC(=O)C(CCSC)NC(=O)C(NC(=O)C(N)CS)C(C)O)C(=O)O. The lowest BCUT2D eigenvalue weighted by molar-refractivity contribution is -0.142. The van der Waals surface area contributed by atoms with Gasteiger partial charge in [0.2, 0.25) is 17.7 Å². The van der Waals surface area contributed by atoms with E-state index in [2.05, 4.69) is 28.6 Å². The van der Waals surface area contributed by atoms with Gasteiger partial charge in [0.05, 0.1) is 12.1 Å². The van der Waals surface area contributed by atoms with Crippen LogP contribution in [0.25, 0.3) is 0 Å². The van der Waals surface area contributed by atoms with Gasteiger partial charge in [0.15, 0.2) is 0 Å². The van der Waals surface area contributed by atoms with E-state index < -0.39 is 54.0 Å². The van der Waals surface area contributed by atoms with E-state index in [1.54, 1.807) is 0 Å². The molecule has 0 spiro atoms. The van der Waals surface area contributed by atoms with Crippen LogP contribution >= 0.6 is 36.2 Å². The number of thioether (sulfide) groups is 2. The van der Waals surface area contributed by atoms with Crippen LogP contribution in [0.4, 0.5) is 0 Å². The van der Waals surface area contributed by atoms with Gasteiger partial charge >= 0.3 is 5.97 Å². The number of carboxylic acids is 1. The minimum Gasteiger partial charge on any atom is -0.480 e. The van der Waals surface area contributed by atoms with Gasteiger partial charge in [0.25, 0.3) is 0 Å². The molecule has 5 atom stereocenters. The molecule has 0 aliphatic rings. The largest absolute Gasteiger partial charge is 0.480 e. The Kier molecular flexibility index (Phi) is 15.0. The third kappa shape index (κ3) is 10.8. The number of carbonyl (C=O) groups excluding carboxylic acids is 3. The minimum atomic E-state index is -1.33. The van der Waals surface area contributed by atoms with E-state index in [1.165, 1.54) is 30.4 Å². The first-order valence-electron chi connectivity index (χ1n) is 9.25. The number of aliphatic hydroxyl groups is 1. The number of aliphatic hydroxyl groups excluding tert-OH is 1. The molecule has 30 heavy (non-hydrogen) atoms. The number of carbonyl (C=O) groups is 4. The fourth-order valence-electron chi connectivity index (χ4n) is 2.28. The molecule has 0 fully saturated rings. The molecule has 0 saturated heterocycles. The molecular weight excluding hydrogens is 452 g/mol. The number of thiol groups is 1. The summed E-state index contributed by atoms with van der Waals surface area (Å²) in [6, 6.07) is -4.41. The van der Waals surface area contributed by atoms with Crippen molar-refractivity contribution >= 4 is 59.8 Å². The minimum absolute atomic E-state index is 0.0470. The zero-order valence-electron chi connectivity index (χ0n) is 17.3. The summed E-state index contributed by atoms with van der Waals surface area (Å²) < 4.78 is 0. The van der Waals surface area contributed by atoms with Crippen LogP contribution in [0.5, 0.6) is 0 Å². The highest BCUT2D eigenvalue weighted by atomic mass is 32.2. The van der Waals surface area contributed by atoms with Gasteiger partial charge in [0, 0.05) is 5.75 Å². The second-order valence-corrected chi connectivity index (χ2v) is 8.88. The summed E-state index contributed by atoms with van der Waals surface area (Å²) in [6.07, 6.45) is 2.88. The van der Waals surface area contributed by atoms with Crippen LogP contribution in [-0.2, 0) is 19.2 Å². The summed E-state index contributed by atoms with van der Waals surface area (Å²) in [7, 11) is 0. The van der Waals surface area contributed by atoms with Crippen molar-refractivity contribution in [3.63, 3.8) is 0 Å². The second-order valence-electron chi connectivity index (χ2n) is 6.54. The van der Waals surface area contributed by atoms with E-state index in [9.17, 15) is 29.4 Å². The molecule has 0 bridgehead atoms. The van der Waals surface area contributed by atoms with Crippen molar-refractivity contribution in [2.24, 2.45) is 5.73 Å². The van der Waals surface area contributed by atoms with E-state index in [0.717, 1.165) is 0 Å². The van der Waals surface area contributed by atoms with Crippen molar-refractivity contribution in [2.45, 2.75) is 50.0 Å². The number of amides is 3. The molecule has 0 radical (unpaired) electrons. The van der Waals surface area contributed by atoms with Crippen LogP contribution in [0, 0.1) is 0 Å². The molecule has 174 valence electrons. The summed E-state index contributed by atoms with van der Waals surface area (Å²) in [4.78, 5) is 48.7. The van der Waals surface area contributed by atoms with Crippen molar-refractivity contribution in [3.8, 4) is 0 Å². The normalized spacial score (nSPS) is 15.9. The highest BCUT2D eigenvalue weighted by molar-refractivity contribution is 7.98. The number of hydrogen-bond acceptors (Lipinski definition) is 9. The first kappa shape index (κ1) is 28.9. The number of carboxylic acid groups (broad SMARTS) is 1. The van der Waals surface area contributed by atoms with Gasteiger partial charge in [-0.05, 0) is 43.8 Å². The molecular formula is C17H32N4O6S3. The average molecular weight is 485 g/mol. The Labute approximate surface area is 190 Å². The molecule has 13 heteroatoms. The molecule has 0 heterocycles. The predicted molar refractivity (Wildman–Crippen MR) is 123 cm³/mol. The fourth-order valence-corrected chi connectivity index (χ4v) is 3.39. The van der Waals surface area contributed by atoms with E-state index >= 15 is 0 Å². The first-order valence-corrected chi connectivity index (χ1v) is 12.7. The summed E-state index contributed by atoms with van der Waals surface area (Å²) >= 11 is 6.82. The lowest BCUT2D eigenvalue weighted by Gasteiger charge is -2.26. The quantitative estimate of drug-likeness (QED) is 0.139. The van der Waals surface area contributed by atoms with E-state index in [4.69, 9.17) is 5.73 Å².